The fourth-order valence-corrected chi connectivity index (χ4v) is 5.33. The third kappa shape index (κ3) is 13.8. The van der Waals surface area contributed by atoms with E-state index in [2.05, 4.69) is 5.32 Å². The van der Waals surface area contributed by atoms with Crippen molar-refractivity contribution < 1.29 is 40.9 Å². The minimum atomic E-state index is -4.68. The number of alkyl carbamates (subject to hydrolysis) is 1. The highest BCUT2D eigenvalue weighted by atomic mass is 32.2. The largest absolute Gasteiger partial charge is 0.458 e. The molecule has 0 aromatic carbocycles. The van der Waals surface area contributed by atoms with Gasteiger partial charge in [-0.05, 0) is 72.5 Å². The van der Waals surface area contributed by atoms with Crippen molar-refractivity contribution in [3.05, 3.63) is 0 Å². The maximum atomic E-state index is 13.7. The van der Waals surface area contributed by atoms with Crippen LogP contribution in [0.4, 0.5) is 18.0 Å². The van der Waals surface area contributed by atoms with Crippen LogP contribution in [-0.4, -0.2) is 65.6 Å². The molecular formula is C23H45F3N2O6SSi. The van der Waals surface area contributed by atoms with Crippen molar-refractivity contribution in [1.29, 1.82) is 4.78 Å². The number of hydrogen-bond acceptors (Lipinski definition) is 7. The molecule has 0 fully saturated rings. The topological polar surface area (TPSA) is 115 Å². The summed E-state index contributed by atoms with van der Waals surface area (Å²) in [5, 5.41) is 1.90. The fraction of sp³-hybridized carbons (Fsp3) is 0.913. The van der Waals surface area contributed by atoms with E-state index in [0.29, 0.717) is 0 Å². The first-order valence-corrected chi connectivity index (χ1v) is 16.7. The molecule has 2 N–H and O–H groups in total. The van der Waals surface area contributed by atoms with Crippen molar-refractivity contribution in [2.45, 2.75) is 123 Å². The zero-order valence-electron chi connectivity index (χ0n) is 23.5. The summed E-state index contributed by atoms with van der Waals surface area (Å²) < 4.78 is 78.1. The summed E-state index contributed by atoms with van der Waals surface area (Å²) in [6.45, 7) is 18.6. The number of halogens is 3. The molecule has 0 aliphatic heterocycles. The Labute approximate surface area is 215 Å². The number of rotatable bonds is 10. The average Bonchev–Trinajstić information content (AvgIpc) is 2.57. The lowest BCUT2D eigenvalue weighted by Gasteiger charge is -2.39. The van der Waals surface area contributed by atoms with Crippen molar-refractivity contribution in [2.75, 3.05) is 11.5 Å². The lowest BCUT2D eigenvalue weighted by atomic mass is 10.1. The van der Waals surface area contributed by atoms with Crippen LogP contribution in [0.5, 0.6) is 0 Å². The van der Waals surface area contributed by atoms with Crippen LogP contribution in [0, 0.1) is 4.78 Å². The number of amides is 1. The van der Waals surface area contributed by atoms with E-state index in [1.54, 1.807) is 54.6 Å². The van der Waals surface area contributed by atoms with Gasteiger partial charge in [0, 0.05) is 21.2 Å². The van der Waals surface area contributed by atoms with E-state index in [0.717, 1.165) is 0 Å². The Hall–Kier alpha value is -1.34. The lowest BCUT2D eigenvalue weighted by Crippen LogP contribution is -2.48. The summed E-state index contributed by atoms with van der Waals surface area (Å²) in [5.74, 6) is -1.81. The van der Waals surface area contributed by atoms with Gasteiger partial charge in [-0.1, -0.05) is 20.8 Å². The zero-order chi connectivity index (χ0) is 29.0. The van der Waals surface area contributed by atoms with Crippen LogP contribution in [0.15, 0.2) is 0 Å². The van der Waals surface area contributed by atoms with E-state index in [9.17, 15) is 27.0 Å². The van der Waals surface area contributed by atoms with Gasteiger partial charge in [-0.15, -0.1) is 0 Å². The molecule has 0 saturated heterocycles. The number of carbonyl (C=O) groups excluding carboxylic acids is 2. The Balaban J connectivity index is 5.49. The fourth-order valence-electron chi connectivity index (χ4n) is 2.60. The van der Waals surface area contributed by atoms with Gasteiger partial charge in [-0.3, -0.25) is 4.78 Å². The standard InChI is InChI=1S/C23H45F3N2O6SSi/c1-20(2,3)32-18(29)16(28-19(30)33-21(4,5)6)12-14-35(27,31)15-13-17(23(24,25)26)34-36(10,11)22(7,8)9/h16-17,27H,12-15H2,1-11H3,(H,28,30)/t16-,17?,35?/m0/s1. The first kappa shape index (κ1) is 34.7. The van der Waals surface area contributed by atoms with Gasteiger partial charge in [0.1, 0.15) is 23.3 Å². The molecule has 0 aromatic rings. The SMILES string of the molecule is CC(C)(C)OC(=O)N[C@@H](CCS(=N)(=O)CCC(O[Si](C)(C)C(C)(C)C)C(F)(F)F)C(=O)OC(C)(C)C. The predicted molar refractivity (Wildman–Crippen MR) is 137 cm³/mol. The van der Waals surface area contributed by atoms with Gasteiger partial charge in [-0.2, -0.15) is 13.2 Å². The monoisotopic (exact) mass is 562 g/mol. The molecular weight excluding hydrogens is 517 g/mol. The van der Waals surface area contributed by atoms with Gasteiger partial charge in [0.25, 0.3) is 0 Å². The molecule has 0 aliphatic carbocycles. The molecule has 0 bridgehead atoms. The Bertz CT molecular complexity index is 857. The number of ether oxygens (including phenoxy) is 2. The molecule has 3 atom stereocenters. The maximum Gasteiger partial charge on any atom is 0.413 e. The molecule has 1 amide bonds. The van der Waals surface area contributed by atoms with Crippen LogP contribution >= 0.6 is 0 Å². The second kappa shape index (κ2) is 12.0. The van der Waals surface area contributed by atoms with Crippen molar-refractivity contribution in [2.24, 2.45) is 0 Å². The Morgan fingerprint density at radius 2 is 1.33 bits per heavy atom. The molecule has 2 unspecified atom stereocenters. The van der Waals surface area contributed by atoms with Crippen molar-refractivity contribution in [3.8, 4) is 0 Å². The summed E-state index contributed by atoms with van der Waals surface area (Å²) in [5.41, 5.74) is -1.73. The first-order valence-electron chi connectivity index (χ1n) is 11.9. The highest BCUT2D eigenvalue weighted by molar-refractivity contribution is 7.92. The van der Waals surface area contributed by atoms with Crippen molar-refractivity contribution >= 4 is 30.1 Å². The summed E-state index contributed by atoms with van der Waals surface area (Å²) in [4.78, 5) is 24.8. The number of hydrogen-bond donors (Lipinski definition) is 2. The van der Waals surface area contributed by atoms with Gasteiger partial charge in [-0.25, -0.2) is 13.8 Å². The molecule has 0 aromatic heterocycles. The number of esters is 1. The van der Waals surface area contributed by atoms with Crippen molar-refractivity contribution in [1.82, 2.24) is 5.32 Å². The molecule has 0 saturated carbocycles. The molecule has 0 radical (unpaired) electrons. The molecule has 0 spiro atoms. The minimum Gasteiger partial charge on any atom is -0.458 e. The summed E-state index contributed by atoms with van der Waals surface area (Å²) in [6.07, 6.45) is -8.64. The smallest absolute Gasteiger partial charge is 0.413 e. The van der Waals surface area contributed by atoms with E-state index < -0.39 is 82.6 Å². The molecule has 0 rings (SSSR count). The summed E-state index contributed by atoms with van der Waals surface area (Å²) in [6, 6.07) is -1.29. The van der Waals surface area contributed by atoms with Gasteiger partial charge in [0.15, 0.2) is 8.32 Å². The van der Waals surface area contributed by atoms with Gasteiger partial charge in [0.2, 0.25) is 0 Å². The van der Waals surface area contributed by atoms with E-state index in [4.69, 9.17) is 18.7 Å². The lowest BCUT2D eigenvalue weighted by molar-refractivity contribution is -0.198. The van der Waals surface area contributed by atoms with Gasteiger partial charge < -0.3 is 19.2 Å². The van der Waals surface area contributed by atoms with Crippen LogP contribution in [-0.2, 0) is 28.4 Å². The Morgan fingerprint density at radius 3 is 1.72 bits per heavy atom. The predicted octanol–water partition coefficient (Wildman–Crippen LogP) is 6.00. The van der Waals surface area contributed by atoms with Gasteiger partial charge >= 0.3 is 18.2 Å². The molecule has 13 heteroatoms. The van der Waals surface area contributed by atoms with E-state index in [1.807, 2.05) is 20.8 Å². The van der Waals surface area contributed by atoms with Gasteiger partial charge in [0.05, 0.1) is 0 Å². The summed E-state index contributed by atoms with van der Waals surface area (Å²) in [7, 11) is -6.32. The first-order chi connectivity index (χ1) is 15.7. The van der Waals surface area contributed by atoms with Crippen LogP contribution in [0.3, 0.4) is 0 Å². The highest BCUT2D eigenvalue weighted by Gasteiger charge is 2.47. The number of alkyl halides is 3. The molecule has 36 heavy (non-hydrogen) atoms. The van der Waals surface area contributed by atoms with E-state index in [1.165, 1.54) is 0 Å². The molecule has 8 nitrogen and oxygen atoms in total. The zero-order valence-corrected chi connectivity index (χ0v) is 25.3. The quantitative estimate of drug-likeness (QED) is 0.249. The van der Waals surface area contributed by atoms with Crippen LogP contribution in [0.25, 0.3) is 0 Å². The third-order valence-electron chi connectivity index (χ3n) is 5.44. The Kier molecular flexibility index (Phi) is 11.6. The van der Waals surface area contributed by atoms with Crippen molar-refractivity contribution in [3.63, 3.8) is 0 Å². The maximum absolute atomic E-state index is 13.7. The van der Waals surface area contributed by atoms with Crippen LogP contribution in [0.2, 0.25) is 18.1 Å². The van der Waals surface area contributed by atoms with E-state index in [-0.39, 0.29) is 6.42 Å². The number of carbonyl (C=O) groups is 2. The molecule has 214 valence electrons. The second-order valence-corrected chi connectivity index (χ2v) is 19.6. The third-order valence-corrected chi connectivity index (χ3v) is 11.7. The molecule has 0 aliphatic rings. The highest BCUT2D eigenvalue weighted by Crippen LogP contribution is 2.40. The Morgan fingerprint density at radius 1 is 0.889 bits per heavy atom. The average molecular weight is 563 g/mol. The minimum absolute atomic E-state index is 0.268. The van der Waals surface area contributed by atoms with E-state index >= 15 is 0 Å². The van der Waals surface area contributed by atoms with Crippen LogP contribution in [0.1, 0.15) is 75.2 Å². The molecule has 0 heterocycles. The summed E-state index contributed by atoms with van der Waals surface area (Å²) >= 11 is 0. The second-order valence-electron chi connectivity index (χ2n) is 12.4. The normalized spacial score (nSPS) is 17.1. The van der Waals surface area contributed by atoms with Crippen LogP contribution < -0.4 is 5.32 Å². The number of nitrogens with one attached hydrogen (secondary N) is 2.